The van der Waals surface area contributed by atoms with Gasteiger partial charge < -0.3 is 4.90 Å². The molecule has 1 aliphatic carbocycles. The van der Waals surface area contributed by atoms with Crippen molar-refractivity contribution in [2.45, 2.75) is 6.92 Å². The largest absolute Gasteiger partial charge is 0.311 e. The molecule has 172 valence electrons. The maximum Gasteiger partial charge on any atom is 0.0467 e. The summed E-state index contributed by atoms with van der Waals surface area (Å²) < 4.78 is 0. The molecule has 0 unspecified atom stereocenters. The van der Waals surface area contributed by atoms with Crippen molar-refractivity contribution in [2.75, 3.05) is 4.90 Å². The summed E-state index contributed by atoms with van der Waals surface area (Å²) in [4.78, 5) is 2.23. The van der Waals surface area contributed by atoms with Crippen LogP contribution in [0.3, 0.4) is 0 Å². The van der Waals surface area contributed by atoms with E-state index in [0.29, 0.717) is 0 Å². The lowest BCUT2D eigenvalue weighted by Crippen LogP contribution is -2.15. The van der Waals surface area contributed by atoms with Gasteiger partial charge in [-0.25, -0.2) is 0 Å². The van der Waals surface area contributed by atoms with Crippen molar-refractivity contribution in [2.24, 2.45) is 0 Å². The summed E-state index contributed by atoms with van der Waals surface area (Å²) in [6.45, 7) is 10.1. The van der Waals surface area contributed by atoms with Crippen LogP contribution in [0.1, 0.15) is 5.56 Å². The second kappa shape index (κ2) is 8.87. The number of anilines is 2. The van der Waals surface area contributed by atoms with Crippen molar-refractivity contribution in [3.63, 3.8) is 0 Å². The highest BCUT2D eigenvalue weighted by atomic mass is 15.1. The smallest absolute Gasteiger partial charge is 0.0467 e. The molecule has 0 fully saturated rings. The average Bonchev–Trinajstić information content (AvgIpc) is 3.25. The Balaban J connectivity index is 1.53. The van der Waals surface area contributed by atoms with Gasteiger partial charge in [-0.1, -0.05) is 104 Å². The van der Waals surface area contributed by atoms with Crippen LogP contribution in [0.15, 0.2) is 140 Å². The van der Waals surface area contributed by atoms with Gasteiger partial charge >= 0.3 is 0 Å². The first-order valence-corrected chi connectivity index (χ1v) is 12.3. The Morgan fingerprint density at radius 2 is 1.31 bits per heavy atom. The molecule has 5 aromatic rings. The van der Waals surface area contributed by atoms with Crippen LogP contribution in [0.4, 0.5) is 11.4 Å². The number of rotatable bonds is 6. The first-order valence-electron chi connectivity index (χ1n) is 12.3. The molecular weight excluding hydrogens is 434 g/mol. The zero-order valence-electron chi connectivity index (χ0n) is 20.4. The Labute approximate surface area is 213 Å². The van der Waals surface area contributed by atoms with Gasteiger partial charge in [-0.15, -0.1) is 0 Å². The quantitative estimate of drug-likeness (QED) is 0.223. The van der Waals surface area contributed by atoms with Crippen LogP contribution in [0.2, 0.25) is 0 Å². The van der Waals surface area contributed by atoms with Gasteiger partial charge in [0.05, 0.1) is 0 Å². The lowest BCUT2D eigenvalue weighted by atomic mass is 9.94. The second-order valence-corrected chi connectivity index (χ2v) is 9.19. The molecule has 0 atom stereocenters. The van der Waals surface area contributed by atoms with Crippen LogP contribution in [0.25, 0.3) is 44.2 Å². The summed E-state index contributed by atoms with van der Waals surface area (Å²) in [5.74, 6) is 0. The average molecular weight is 462 g/mol. The second-order valence-electron chi connectivity index (χ2n) is 9.19. The molecule has 0 saturated carbocycles. The van der Waals surface area contributed by atoms with Crippen LogP contribution in [0, 0.1) is 6.92 Å². The van der Waals surface area contributed by atoms with Gasteiger partial charge in [-0.05, 0) is 87.5 Å². The maximum atomic E-state index is 4.08. The predicted molar refractivity (Wildman–Crippen MR) is 156 cm³/mol. The minimum absolute atomic E-state index is 0.974. The van der Waals surface area contributed by atoms with Crippen LogP contribution in [0.5, 0.6) is 0 Å². The highest BCUT2D eigenvalue weighted by Gasteiger charge is 2.22. The fraction of sp³-hybridized carbons (Fsp3) is 0.0286. The van der Waals surface area contributed by atoms with Gasteiger partial charge in [0.1, 0.15) is 0 Å². The van der Waals surface area contributed by atoms with Crippen LogP contribution >= 0.6 is 0 Å². The molecule has 0 aliphatic heterocycles. The molecule has 36 heavy (non-hydrogen) atoms. The fourth-order valence-corrected chi connectivity index (χ4v) is 5.37. The van der Waals surface area contributed by atoms with E-state index in [-0.39, 0.29) is 0 Å². The minimum Gasteiger partial charge on any atom is -0.311 e. The monoisotopic (exact) mass is 461 g/mol. The molecule has 0 radical (unpaired) electrons. The zero-order chi connectivity index (χ0) is 24.6. The van der Waals surface area contributed by atoms with Gasteiger partial charge in [0.2, 0.25) is 0 Å². The highest BCUT2D eigenvalue weighted by Crippen LogP contribution is 2.49. The van der Waals surface area contributed by atoms with E-state index >= 15 is 0 Å². The van der Waals surface area contributed by atoms with Crippen molar-refractivity contribution < 1.29 is 0 Å². The minimum atomic E-state index is 0.974. The van der Waals surface area contributed by atoms with Crippen molar-refractivity contribution in [1.82, 2.24) is 0 Å². The maximum absolute atomic E-state index is 4.08. The molecule has 1 heteroatoms. The van der Waals surface area contributed by atoms with E-state index in [1.807, 2.05) is 18.2 Å². The van der Waals surface area contributed by atoms with Gasteiger partial charge in [0.25, 0.3) is 0 Å². The van der Waals surface area contributed by atoms with Gasteiger partial charge in [0, 0.05) is 17.1 Å². The van der Waals surface area contributed by atoms with Crippen molar-refractivity contribution in [1.29, 1.82) is 0 Å². The van der Waals surface area contributed by atoms with E-state index in [4.69, 9.17) is 0 Å². The van der Waals surface area contributed by atoms with Crippen molar-refractivity contribution in [3.05, 3.63) is 146 Å². The van der Waals surface area contributed by atoms with Gasteiger partial charge in [-0.3, -0.25) is 0 Å². The predicted octanol–water partition coefficient (Wildman–Crippen LogP) is 9.86. The van der Waals surface area contributed by atoms with E-state index < -0.39 is 0 Å². The summed E-state index contributed by atoms with van der Waals surface area (Å²) in [5, 5.41) is 2.63. The van der Waals surface area contributed by atoms with E-state index in [0.717, 1.165) is 17.1 Å². The Bertz CT molecular complexity index is 1640. The third-order valence-electron chi connectivity index (χ3n) is 7.01. The summed E-state index contributed by atoms with van der Waals surface area (Å²) in [6.07, 6.45) is 5.68. The first-order chi connectivity index (χ1) is 17.7. The van der Waals surface area contributed by atoms with Crippen LogP contribution < -0.4 is 4.90 Å². The van der Waals surface area contributed by atoms with E-state index in [1.165, 1.54) is 49.7 Å². The van der Waals surface area contributed by atoms with Crippen LogP contribution in [-0.2, 0) is 0 Å². The number of hydrogen-bond donors (Lipinski definition) is 0. The Morgan fingerprint density at radius 3 is 2.03 bits per heavy atom. The van der Waals surface area contributed by atoms with Crippen molar-refractivity contribution in [3.8, 4) is 33.4 Å². The summed E-state index contributed by atoms with van der Waals surface area (Å²) in [6, 6.07) is 37.3. The molecule has 0 bridgehead atoms. The molecule has 0 saturated heterocycles. The van der Waals surface area contributed by atoms with Gasteiger partial charge in [-0.2, -0.15) is 0 Å². The molecule has 0 amide bonds. The molecule has 0 heterocycles. The topological polar surface area (TPSA) is 3.24 Å². The lowest BCUT2D eigenvalue weighted by Gasteiger charge is -2.27. The molecular formula is C35H27N. The lowest BCUT2D eigenvalue weighted by molar-refractivity contribution is 1.21. The standard InChI is InChI=1S/C35H27N/c1-4-10-26(5-2)36(27-19-17-24(3)18-20-27)28-12-8-11-25(23-28)29-21-22-34-31-14-7-6-13-30(31)33-16-9-15-32(29)35(33)34/h4-23H,1-2H2,3H3/b26-10+. The third kappa shape index (κ3) is 3.49. The molecule has 5 aromatic carbocycles. The first kappa shape index (κ1) is 21.9. The Kier molecular flexibility index (Phi) is 5.39. The number of hydrogen-bond acceptors (Lipinski definition) is 1. The summed E-state index contributed by atoms with van der Waals surface area (Å²) in [5.41, 5.74) is 12.1. The molecule has 0 aromatic heterocycles. The Morgan fingerprint density at radius 1 is 0.639 bits per heavy atom. The number of aryl methyl sites for hydroxylation is 1. The van der Waals surface area contributed by atoms with Crippen LogP contribution in [-0.4, -0.2) is 0 Å². The molecule has 1 nitrogen and oxygen atoms in total. The summed E-state index contributed by atoms with van der Waals surface area (Å²) in [7, 11) is 0. The summed E-state index contributed by atoms with van der Waals surface area (Å²) >= 11 is 0. The third-order valence-corrected chi connectivity index (χ3v) is 7.01. The molecule has 0 spiro atoms. The molecule has 6 rings (SSSR count). The number of allylic oxidation sites excluding steroid dienone is 3. The van der Waals surface area contributed by atoms with E-state index in [1.54, 1.807) is 0 Å². The van der Waals surface area contributed by atoms with E-state index in [9.17, 15) is 0 Å². The number of benzene rings is 5. The SMILES string of the molecule is C=C/C=C(\C=C)N(c1ccc(C)cc1)c1cccc(-c2ccc3c4c(cccc24)-c2ccccc2-3)c1. The number of fused-ring (bicyclic) bond motifs is 3. The number of nitrogens with zero attached hydrogens (tertiary/aromatic N) is 1. The molecule has 1 aliphatic rings. The highest BCUT2D eigenvalue weighted by molar-refractivity contribution is 6.18. The van der Waals surface area contributed by atoms with Gasteiger partial charge in [0.15, 0.2) is 0 Å². The van der Waals surface area contributed by atoms with E-state index in [2.05, 4.69) is 128 Å². The fourth-order valence-electron chi connectivity index (χ4n) is 5.37. The zero-order valence-corrected chi connectivity index (χ0v) is 20.4. The Hall–Kier alpha value is -4.62. The normalized spacial score (nSPS) is 11.9. The molecule has 0 N–H and O–H groups in total. The van der Waals surface area contributed by atoms with Crippen molar-refractivity contribution >= 4 is 22.1 Å².